The fraction of sp³-hybridized carbons (Fsp3) is 0.500. The number of aromatic nitrogens is 1. The van der Waals surface area contributed by atoms with Crippen molar-refractivity contribution in [3.05, 3.63) is 17.4 Å². The largest absolute Gasteiger partial charge is 0.395 e. The van der Waals surface area contributed by atoms with Crippen molar-refractivity contribution in [2.75, 3.05) is 23.7 Å². The summed E-state index contributed by atoms with van der Waals surface area (Å²) in [7, 11) is 0. The quantitative estimate of drug-likeness (QED) is 0.776. The van der Waals surface area contributed by atoms with Crippen LogP contribution in [0.3, 0.4) is 0 Å². The van der Waals surface area contributed by atoms with Crippen molar-refractivity contribution < 1.29 is 8.78 Å². The third-order valence-corrected chi connectivity index (χ3v) is 3.06. The lowest BCUT2D eigenvalue weighted by molar-refractivity contribution is -0.0220. The lowest BCUT2D eigenvalue weighted by atomic mass is 10.1. The van der Waals surface area contributed by atoms with Gasteiger partial charge in [-0.05, 0) is 6.07 Å². The minimum Gasteiger partial charge on any atom is -0.395 e. The molecule has 3 nitrogen and oxygen atoms in total. The molecule has 0 spiro atoms. The van der Waals surface area contributed by atoms with Gasteiger partial charge in [0.2, 0.25) is 0 Å². The molecule has 1 aromatic rings. The van der Waals surface area contributed by atoms with Crippen molar-refractivity contribution in [1.82, 2.24) is 4.98 Å². The Labute approximate surface area is 97.2 Å². The smallest absolute Gasteiger partial charge is 0.251 e. The van der Waals surface area contributed by atoms with E-state index in [9.17, 15) is 8.78 Å². The average molecular weight is 248 g/mol. The van der Waals surface area contributed by atoms with Gasteiger partial charge in [-0.2, -0.15) is 0 Å². The highest BCUT2D eigenvalue weighted by Gasteiger charge is 2.34. The van der Waals surface area contributed by atoms with Crippen LogP contribution in [0.25, 0.3) is 0 Å². The topological polar surface area (TPSA) is 42.1 Å². The van der Waals surface area contributed by atoms with Crippen molar-refractivity contribution in [3.63, 3.8) is 0 Å². The van der Waals surface area contributed by atoms with Crippen LogP contribution in [-0.4, -0.2) is 24.0 Å². The first-order valence-corrected chi connectivity index (χ1v) is 5.40. The van der Waals surface area contributed by atoms with E-state index in [2.05, 4.69) is 4.98 Å². The number of anilines is 2. The monoisotopic (exact) mass is 247 g/mol. The van der Waals surface area contributed by atoms with Gasteiger partial charge in [0.25, 0.3) is 5.92 Å². The molecule has 0 atom stereocenters. The summed E-state index contributed by atoms with van der Waals surface area (Å²) in [6.07, 6.45) is 1.24. The zero-order chi connectivity index (χ0) is 11.8. The number of nitrogens with zero attached hydrogens (tertiary/aromatic N) is 2. The number of hydrogen-bond acceptors (Lipinski definition) is 3. The molecule has 0 bridgehead atoms. The lowest BCUT2D eigenvalue weighted by Gasteiger charge is -2.33. The minimum absolute atomic E-state index is 0.146. The zero-order valence-corrected chi connectivity index (χ0v) is 9.34. The molecule has 1 aliphatic rings. The molecule has 88 valence electrons. The van der Waals surface area contributed by atoms with Gasteiger partial charge in [0.15, 0.2) is 5.15 Å². The number of pyridine rings is 1. The van der Waals surface area contributed by atoms with Gasteiger partial charge in [0.05, 0.1) is 11.4 Å². The van der Waals surface area contributed by atoms with Crippen LogP contribution in [0.15, 0.2) is 12.3 Å². The maximum Gasteiger partial charge on any atom is 0.251 e. The number of nitrogen functional groups attached to an aromatic ring is 1. The molecule has 0 saturated carbocycles. The number of rotatable bonds is 1. The van der Waals surface area contributed by atoms with Gasteiger partial charge >= 0.3 is 0 Å². The van der Waals surface area contributed by atoms with Gasteiger partial charge in [-0.25, -0.2) is 13.8 Å². The van der Waals surface area contributed by atoms with Gasteiger partial charge in [0, 0.05) is 32.1 Å². The predicted octanol–water partition coefficient (Wildman–Crippen LogP) is 2.55. The molecule has 16 heavy (non-hydrogen) atoms. The van der Waals surface area contributed by atoms with Crippen LogP contribution in [0.1, 0.15) is 12.8 Å². The van der Waals surface area contributed by atoms with Gasteiger partial charge in [-0.1, -0.05) is 11.6 Å². The van der Waals surface area contributed by atoms with E-state index in [1.807, 2.05) is 4.90 Å². The number of alkyl halides is 2. The summed E-state index contributed by atoms with van der Waals surface area (Å²) in [5, 5.41) is 0.217. The number of halogens is 3. The van der Waals surface area contributed by atoms with Gasteiger partial charge in [0.1, 0.15) is 0 Å². The lowest BCUT2D eigenvalue weighted by Crippen LogP contribution is -2.39. The van der Waals surface area contributed by atoms with Gasteiger partial charge < -0.3 is 10.6 Å². The molecule has 0 amide bonds. The van der Waals surface area contributed by atoms with Gasteiger partial charge in [-0.15, -0.1) is 0 Å². The highest BCUT2D eigenvalue weighted by atomic mass is 35.5. The molecular weight excluding hydrogens is 236 g/mol. The molecular formula is C10H12ClF2N3. The molecule has 0 aliphatic carbocycles. The van der Waals surface area contributed by atoms with E-state index in [0.29, 0.717) is 11.4 Å². The number of nitrogens with two attached hydrogens (primary N) is 1. The number of piperidine rings is 1. The second-order valence-corrected chi connectivity index (χ2v) is 4.24. The second kappa shape index (κ2) is 4.05. The SMILES string of the molecule is Nc1c(N2CCC(F)(F)CC2)ccnc1Cl. The Morgan fingerprint density at radius 3 is 2.62 bits per heavy atom. The van der Waals surface area contributed by atoms with E-state index < -0.39 is 5.92 Å². The molecule has 1 aromatic heterocycles. The van der Waals surface area contributed by atoms with E-state index in [-0.39, 0.29) is 31.1 Å². The first-order chi connectivity index (χ1) is 7.49. The van der Waals surface area contributed by atoms with Crippen LogP contribution in [0, 0.1) is 0 Å². The van der Waals surface area contributed by atoms with Gasteiger partial charge in [-0.3, -0.25) is 0 Å². The predicted molar refractivity (Wildman–Crippen MR) is 60.1 cm³/mol. The summed E-state index contributed by atoms with van der Waals surface area (Å²) < 4.78 is 26.0. The molecule has 0 radical (unpaired) electrons. The van der Waals surface area contributed by atoms with Crippen LogP contribution in [0.4, 0.5) is 20.2 Å². The fourth-order valence-electron chi connectivity index (χ4n) is 1.79. The van der Waals surface area contributed by atoms with Crippen LogP contribution >= 0.6 is 11.6 Å². The first kappa shape index (κ1) is 11.4. The van der Waals surface area contributed by atoms with E-state index in [0.717, 1.165) is 0 Å². The van der Waals surface area contributed by atoms with E-state index in [1.165, 1.54) is 6.20 Å². The summed E-state index contributed by atoms with van der Waals surface area (Å²) in [5.74, 6) is -2.55. The summed E-state index contributed by atoms with van der Waals surface area (Å²) in [6.45, 7) is 0.578. The molecule has 1 fully saturated rings. The third-order valence-electron chi connectivity index (χ3n) is 2.75. The summed E-state index contributed by atoms with van der Waals surface area (Å²) in [6, 6.07) is 1.70. The second-order valence-electron chi connectivity index (χ2n) is 3.88. The molecule has 1 aliphatic heterocycles. The fourth-order valence-corrected chi connectivity index (χ4v) is 1.94. The zero-order valence-electron chi connectivity index (χ0n) is 8.59. The molecule has 2 N–H and O–H groups in total. The van der Waals surface area contributed by atoms with Crippen molar-refractivity contribution in [2.45, 2.75) is 18.8 Å². The Bertz CT molecular complexity index is 388. The molecule has 6 heteroatoms. The Morgan fingerprint density at radius 2 is 2.00 bits per heavy atom. The van der Waals surface area contributed by atoms with E-state index in [1.54, 1.807) is 6.07 Å². The van der Waals surface area contributed by atoms with Crippen LogP contribution in [-0.2, 0) is 0 Å². The summed E-state index contributed by atoms with van der Waals surface area (Å²) in [5.41, 5.74) is 6.80. The van der Waals surface area contributed by atoms with E-state index in [4.69, 9.17) is 17.3 Å². The Morgan fingerprint density at radius 1 is 1.38 bits per heavy atom. The Kier molecular flexibility index (Phi) is 2.88. The maximum atomic E-state index is 13.0. The molecule has 1 saturated heterocycles. The molecule has 2 rings (SSSR count). The third kappa shape index (κ3) is 2.19. The van der Waals surface area contributed by atoms with Crippen molar-refractivity contribution >= 4 is 23.0 Å². The van der Waals surface area contributed by atoms with Crippen molar-refractivity contribution in [1.29, 1.82) is 0 Å². The summed E-state index contributed by atoms with van der Waals surface area (Å²) >= 11 is 5.78. The maximum absolute atomic E-state index is 13.0. The molecule has 2 heterocycles. The van der Waals surface area contributed by atoms with Crippen molar-refractivity contribution in [2.24, 2.45) is 0 Å². The molecule has 0 aromatic carbocycles. The average Bonchev–Trinajstić information content (AvgIpc) is 2.23. The molecule has 0 unspecified atom stereocenters. The Balaban J connectivity index is 2.17. The van der Waals surface area contributed by atoms with Crippen LogP contribution < -0.4 is 10.6 Å². The highest BCUT2D eigenvalue weighted by molar-refractivity contribution is 6.32. The summed E-state index contributed by atoms with van der Waals surface area (Å²) in [4.78, 5) is 5.65. The minimum atomic E-state index is -2.55. The first-order valence-electron chi connectivity index (χ1n) is 5.02. The van der Waals surface area contributed by atoms with E-state index >= 15 is 0 Å². The van der Waals surface area contributed by atoms with Crippen molar-refractivity contribution in [3.8, 4) is 0 Å². The van der Waals surface area contributed by atoms with Crippen LogP contribution in [0.2, 0.25) is 5.15 Å². The standard InChI is InChI=1S/C10H12ClF2N3/c11-9-8(14)7(1-4-15-9)16-5-2-10(12,13)3-6-16/h1,4H,2-3,5-6,14H2. The normalized spacial score (nSPS) is 19.8. The number of hydrogen-bond donors (Lipinski definition) is 1. The highest BCUT2D eigenvalue weighted by Crippen LogP contribution is 2.34. The van der Waals surface area contributed by atoms with Crippen LogP contribution in [0.5, 0.6) is 0 Å². The Hall–Kier alpha value is -1.10.